The summed E-state index contributed by atoms with van der Waals surface area (Å²) in [4.78, 5) is 18.7. The van der Waals surface area contributed by atoms with Crippen LogP contribution in [0.25, 0.3) is 10.9 Å². The Hall–Kier alpha value is -2.95. The van der Waals surface area contributed by atoms with Crippen LogP contribution >= 0.6 is 0 Å². The molecule has 0 radical (unpaired) electrons. The van der Waals surface area contributed by atoms with Crippen LogP contribution in [0.2, 0.25) is 0 Å². The smallest absolute Gasteiger partial charge is 0.254 e. The highest BCUT2D eigenvalue weighted by atomic mass is 16.6. The zero-order valence-corrected chi connectivity index (χ0v) is 16.2. The van der Waals surface area contributed by atoms with Gasteiger partial charge in [0.05, 0.1) is 6.04 Å². The van der Waals surface area contributed by atoms with E-state index in [9.17, 15) is 4.79 Å². The maximum absolute atomic E-state index is 13.3. The predicted octanol–water partition coefficient (Wildman–Crippen LogP) is 4.53. The number of amides is 1. The van der Waals surface area contributed by atoms with Crippen molar-refractivity contribution in [3.8, 4) is 11.5 Å². The van der Waals surface area contributed by atoms with Gasteiger partial charge in [-0.15, -0.1) is 0 Å². The topological polar surface area (TPSA) is 54.6 Å². The molecular weight excluding hydrogens is 352 g/mol. The van der Waals surface area contributed by atoms with E-state index in [1.54, 1.807) is 0 Å². The normalized spacial score (nSPS) is 18.6. The van der Waals surface area contributed by atoms with E-state index in [2.05, 4.69) is 24.9 Å². The molecule has 2 aromatic carbocycles. The van der Waals surface area contributed by atoms with Crippen molar-refractivity contribution in [1.29, 1.82) is 0 Å². The number of fused-ring (bicyclic) bond motifs is 2. The first-order chi connectivity index (χ1) is 13.6. The Morgan fingerprint density at radius 1 is 1.07 bits per heavy atom. The summed E-state index contributed by atoms with van der Waals surface area (Å²) < 4.78 is 11.4. The van der Waals surface area contributed by atoms with Crippen LogP contribution < -0.4 is 9.47 Å². The first-order valence-corrected chi connectivity index (χ1v) is 9.91. The molecule has 5 nitrogen and oxygen atoms in total. The lowest BCUT2D eigenvalue weighted by Crippen LogP contribution is -2.30. The summed E-state index contributed by atoms with van der Waals surface area (Å²) in [6, 6.07) is 12.1. The van der Waals surface area contributed by atoms with Crippen LogP contribution in [0.5, 0.6) is 11.5 Å². The Kier molecular flexibility index (Phi) is 4.04. The van der Waals surface area contributed by atoms with Gasteiger partial charge in [-0.25, -0.2) is 0 Å². The van der Waals surface area contributed by atoms with Crippen molar-refractivity contribution in [3.05, 3.63) is 58.8 Å². The van der Waals surface area contributed by atoms with Crippen molar-refractivity contribution in [2.24, 2.45) is 0 Å². The van der Waals surface area contributed by atoms with Crippen molar-refractivity contribution < 1.29 is 14.3 Å². The zero-order chi connectivity index (χ0) is 19.3. The molecule has 1 aromatic heterocycles. The molecular formula is C23H24N2O3. The summed E-state index contributed by atoms with van der Waals surface area (Å²) in [5, 5.41) is 1.12. The maximum atomic E-state index is 13.3. The first kappa shape index (κ1) is 17.2. The SMILES string of the molecule is Cc1[nH]c2ccc(C(=O)N3CCCC3c3ccc4c(c3)OCCO4)cc2c1C. The molecule has 3 heterocycles. The number of nitrogens with zero attached hydrogens (tertiary/aromatic N) is 1. The van der Waals surface area contributed by atoms with Crippen LogP contribution in [0.1, 0.15) is 46.1 Å². The van der Waals surface area contributed by atoms with Crippen LogP contribution in [-0.2, 0) is 0 Å². The molecule has 144 valence electrons. The van der Waals surface area contributed by atoms with Crippen molar-refractivity contribution in [1.82, 2.24) is 9.88 Å². The van der Waals surface area contributed by atoms with Crippen molar-refractivity contribution in [2.75, 3.05) is 19.8 Å². The van der Waals surface area contributed by atoms with Crippen LogP contribution in [-0.4, -0.2) is 35.5 Å². The van der Waals surface area contributed by atoms with E-state index in [1.165, 1.54) is 5.56 Å². The van der Waals surface area contributed by atoms with E-state index in [0.717, 1.165) is 58.6 Å². The third-order valence-corrected chi connectivity index (χ3v) is 6.02. The zero-order valence-electron chi connectivity index (χ0n) is 16.2. The Balaban J connectivity index is 1.46. The molecule has 1 unspecified atom stereocenters. The largest absolute Gasteiger partial charge is 0.486 e. The number of carbonyl (C=O) groups excluding carboxylic acids is 1. The fraction of sp³-hybridized carbons (Fsp3) is 0.348. The highest BCUT2D eigenvalue weighted by Crippen LogP contribution is 2.38. The van der Waals surface area contributed by atoms with Crippen molar-refractivity contribution >= 4 is 16.8 Å². The van der Waals surface area contributed by atoms with E-state index in [4.69, 9.17) is 9.47 Å². The second kappa shape index (κ2) is 6.59. The van der Waals surface area contributed by atoms with Gasteiger partial charge < -0.3 is 19.4 Å². The lowest BCUT2D eigenvalue weighted by molar-refractivity contribution is 0.0735. The number of hydrogen-bond acceptors (Lipinski definition) is 3. The third kappa shape index (κ3) is 2.73. The average molecular weight is 376 g/mol. The molecule has 1 fully saturated rings. The molecule has 5 heteroatoms. The van der Waals surface area contributed by atoms with Crippen LogP contribution in [0, 0.1) is 13.8 Å². The number of aromatic nitrogens is 1. The van der Waals surface area contributed by atoms with Gasteiger partial charge in [-0.1, -0.05) is 6.07 Å². The molecule has 2 aliphatic heterocycles. The summed E-state index contributed by atoms with van der Waals surface area (Å²) in [5.74, 6) is 1.66. The average Bonchev–Trinajstić information content (AvgIpc) is 3.32. The highest BCUT2D eigenvalue weighted by Gasteiger charge is 2.31. The second-order valence-corrected chi connectivity index (χ2v) is 7.70. The Labute approximate surface area is 164 Å². The number of ether oxygens (including phenoxy) is 2. The molecule has 0 spiro atoms. The van der Waals surface area contributed by atoms with E-state index in [0.29, 0.717) is 13.2 Å². The molecule has 2 aliphatic rings. The Morgan fingerprint density at radius 2 is 1.89 bits per heavy atom. The molecule has 1 atom stereocenters. The number of H-pyrrole nitrogens is 1. The number of aromatic amines is 1. The first-order valence-electron chi connectivity index (χ1n) is 9.91. The number of nitrogens with one attached hydrogen (secondary N) is 1. The molecule has 0 saturated carbocycles. The lowest BCUT2D eigenvalue weighted by Gasteiger charge is -2.27. The summed E-state index contributed by atoms with van der Waals surface area (Å²) >= 11 is 0. The Morgan fingerprint density at radius 3 is 2.75 bits per heavy atom. The maximum Gasteiger partial charge on any atom is 0.254 e. The van der Waals surface area contributed by atoms with Crippen LogP contribution in [0.15, 0.2) is 36.4 Å². The van der Waals surface area contributed by atoms with E-state index < -0.39 is 0 Å². The van der Waals surface area contributed by atoms with Gasteiger partial charge in [0.1, 0.15) is 13.2 Å². The number of rotatable bonds is 2. The fourth-order valence-corrected chi connectivity index (χ4v) is 4.38. The number of hydrogen-bond donors (Lipinski definition) is 1. The van der Waals surface area contributed by atoms with Gasteiger partial charge in [0.25, 0.3) is 5.91 Å². The molecule has 3 aromatic rings. The number of aryl methyl sites for hydroxylation is 2. The predicted molar refractivity (Wildman–Crippen MR) is 108 cm³/mol. The van der Waals surface area contributed by atoms with Gasteiger partial charge in [0.15, 0.2) is 11.5 Å². The minimum atomic E-state index is 0.0769. The van der Waals surface area contributed by atoms with Gasteiger partial charge >= 0.3 is 0 Å². The number of benzene rings is 2. The standard InChI is InChI=1S/C23H24N2O3/c1-14-15(2)24-19-7-5-17(12-18(14)19)23(26)25-9-3-4-20(25)16-6-8-21-22(13-16)28-11-10-27-21/h5-8,12-13,20,24H,3-4,9-11H2,1-2H3. The lowest BCUT2D eigenvalue weighted by atomic mass is 10.0. The van der Waals surface area contributed by atoms with Gasteiger partial charge in [0, 0.05) is 28.7 Å². The van der Waals surface area contributed by atoms with E-state index in [1.807, 2.05) is 35.2 Å². The van der Waals surface area contributed by atoms with Crippen molar-refractivity contribution in [3.63, 3.8) is 0 Å². The molecule has 1 N–H and O–H groups in total. The quantitative estimate of drug-likeness (QED) is 0.715. The molecule has 5 rings (SSSR count). The minimum absolute atomic E-state index is 0.0769. The van der Waals surface area contributed by atoms with Gasteiger partial charge in [0.2, 0.25) is 0 Å². The Bertz CT molecular complexity index is 1070. The number of likely N-dealkylation sites (tertiary alicyclic amines) is 1. The van der Waals surface area contributed by atoms with Crippen LogP contribution in [0.4, 0.5) is 0 Å². The molecule has 1 amide bonds. The highest BCUT2D eigenvalue weighted by molar-refractivity contribution is 5.99. The van der Waals surface area contributed by atoms with Crippen molar-refractivity contribution in [2.45, 2.75) is 32.7 Å². The molecule has 0 aliphatic carbocycles. The van der Waals surface area contributed by atoms with Crippen LogP contribution in [0.3, 0.4) is 0 Å². The fourth-order valence-electron chi connectivity index (χ4n) is 4.38. The van der Waals surface area contributed by atoms with Gasteiger partial charge in [-0.05, 0) is 68.1 Å². The molecule has 0 bridgehead atoms. The summed E-state index contributed by atoms with van der Waals surface area (Å²) in [6.07, 6.45) is 1.98. The molecule has 1 saturated heterocycles. The monoisotopic (exact) mass is 376 g/mol. The van der Waals surface area contributed by atoms with Gasteiger partial charge in [-0.2, -0.15) is 0 Å². The van der Waals surface area contributed by atoms with E-state index in [-0.39, 0.29) is 11.9 Å². The molecule has 28 heavy (non-hydrogen) atoms. The second-order valence-electron chi connectivity index (χ2n) is 7.70. The third-order valence-electron chi connectivity index (χ3n) is 6.02. The summed E-state index contributed by atoms with van der Waals surface area (Å²) in [6.45, 7) is 6.09. The number of carbonyl (C=O) groups is 1. The summed E-state index contributed by atoms with van der Waals surface area (Å²) in [5.41, 5.74) is 5.30. The van der Waals surface area contributed by atoms with Gasteiger partial charge in [-0.3, -0.25) is 4.79 Å². The van der Waals surface area contributed by atoms with E-state index >= 15 is 0 Å². The minimum Gasteiger partial charge on any atom is -0.486 e. The summed E-state index contributed by atoms with van der Waals surface area (Å²) in [7, 11) is 0.